The van der Waals surface area contributed by atoms with Gasteiger partial charge in [0.2, 0.25) is 0 Å². The minimum absolute atomic E-state index is 0.326. The van der Waals surface area contributed by atoms with Crippen molar-refractivity contribution >= 4 is 12.2 Å². The fourth-order valence-corrected chi connectivity index (χ4v) is 4.56. The van der Waals surface area contributed by atoms with Crippen molar-refractivity contribution in [3.8, 4) is 11.5 Å². The standard InChI is InChI=1S/C32H34O5/c1-32(2)16-15-28-29(37-32)14-13-24-19-25(22-36-31(24)28)27-12-8-7-11-26(34-18-17-33-3)20-30(27)35-21-23-9-5-4-6-10-23/h4-6,9-16,19-20H,7-8,17-18,21-22H2,1-3H3/b26-11?,27-12+,30-20?. The quantitative estimate of drug-likeness (QED) is 0.366. The lowest BCUT2D eigenvalue weighted by atomic mass is 9.94. The highest BCUT2D eigenvalue weighted by Crippen LogP contribution is 2.43. The predicted octanol–water partition coefficient (Wildman–Crippen LogP) is 7.01. The zero-order valence-electron chi connectivity index (χ0n) is 21.8. The van der Waals surface area contributed by atoms with E-state index in [1.165, 1.54) is 0 Å². The Hall–Kier alpha value is -3.70. The molecule has 0 saturated heterocycles. The molecule has 0 bridgehead atoms. The van der Waals surface area contributed by atoms with Crippen molar-refractivity contribution < 1.29 is 23.7 Å². The Kier molecular flexibility index (Phi) is 7.52. The first-order valence-corrected chi connectivity index (χ1v) is 12.8. The Bertz CT molecular complexity index is 1280. The van der Waals surface area contributed by atoms with Gasteiger partial charge in [-0.25, -0.2) is 0 Å². The molecule has 3 aliphatic rings. The molecular weight excluding hydrogens is 464 g/mol. The van der Waals surface area contributed by atoms with Crippen molar-refractivity contribution in [1.29, 1.82) is 0 Å². The average Bonchev–Trinajstić information content (AvgIpc) is 2.89. The summed E-state index contributed by atoms with van der Waals surface area (Å²) >= 11 is 0. The third kappa shape index (κ3) is 6.00. The predicted molar refractivity (Wildman–Crippen MR) is 146 cm³/mol. The van der Waals surface area contributed by atoms with E-state index < -0.39 is 0 Å². The molecule has 2 aromatic carbocycles. The molecule has 2 heterocycles. The molecule has 2 aliphatic heterocycles. The molecule has 5 rings (SSSR count). The van der Waals surface area contributed by atoms with Gasteiger partial charge in [0.15, 0.2) is 0 Å². The number of hydrogen-bond donors (Lipinski definition) is 0. The van der Waals surface area contributed by atoms with Crippen molar-refractivity contribution in [3.63, 3.8) is 0 Å². The van der Waals surface area contributed by atoms with Crippen LogP contribution in [0, 0.1) is 0 Å². The van der Waals surface area contributed by atoms with Gasteiger partial charge in [0.25, 0.3) is 0 Å². The first-order valence-electron chi connectivity index (χ1n) is 12.8. The lowest BCUT2D eigenvalue weighted by molar-refractivity contribution is 0.113. The molecule has 0 spiro atoms. The van der Waals surface area contributed by atoms with E-state index in [0.717, 1.165) is 63.7 Å². The van der Waals surface area contributed by atoms with Crippen LogP contribution in [0.15, 0.2) is 89.4 Å². The minimum Gasteiger partial charge on any atom is -0.491 e. The summed E-state index contributed by atoms with van der Waals surface area (Å²) in [4.78, 5) is 0. The van der Waals surface area contributed by atoms with Crippen LogP contribution in [0.1, 0.15) is 43.4 Å². The van der Waals surface area contributed by atoms with E-state index in [1.54, 1.807) is 7.11 Å². The summed E-state index contributed by atoms with van der Waals surface area (Å²) < 4.78 is 30.1. The highest BCUT2D eigenvalue weighted by atomic mass is 16.5. The Morgan fingerprint density at radius 2 is 1.76 bits per heavy atom. The first-order chi connectivity index (χ1) is 18.0. The fourth-order valence-electron chi connectivity index (χ4n) is 4.56. The summed E-state index contributed by atoms with van der Waals surface area (Å²) in [6, 6.07) is 14.3. The van der Waals surface area contributed by atoms with Crippen LogP contribution in [-0.4, -0.2) is 32.5 Å². The molecule has 0 aromatic heterocycles. The molecule has 5 nitrogen and oxygen atoms in total. The van der Waals surface area contributed by atoms with Crippen molar-refractivity contribution in [2.45, 2.75) is 38.9 Å². The van der Waals surface area contributed by atoms with Gasteiger partial charge in [-0.3, -0.25) is 0 Å². The van der Waals surface area contributed by atoms with Gasteiger partial charge < -0.3 is 23.7 Å². The number of ether oxygens (including phenoxy) is 5. The minimum atomic E-state index is -0.326. The van der Waals surface area contributed by atoms with E-state index in [2.05, 4.69) is 62.4 Å². The Morgan fingerprint density at radius 3 is 2.59 bits per heavy atom. The molecule has 37 heavy (non-hydrogen) atoms. The van der Waals surface area contributed by atoms with Crippen LogP contribution < -0.4 is 9.47 Å². The normalized spacial score (nSPS) is 19.2. The van der Waals surface area contributed by atoms with E-state index in [-0.39, 0.29) is 5.60 Å². The molecule has 0 atom stereocenters. The topological polar surface area (TPSA) is 46.2 Å². The van der Waals surface area contributed by atoms with Crippen LogP contribution in [-0.2, 0) is 20.8 Å². The maximum Gasteiger partial charge on any atom is 0.137 e. The van der Waals surface area contributed by atoms with Crippen molar-refractivity contribution in [2.24, 2.45) is 0 Å². The van der Waals surface area contributed by atoms with Gasteiger partial charge in [0.05, 0.1) is 12.2 Å². The van der Waals surface area contributed by atoms with E-state index in [4.69, 9.17) is 23.7 Å². The Labute approximate surface area is 219 Å². The van der Waals surface area contributed by atoms with Crippen LogP contribution in [0.3, 0.4) is 0 Å². The molecule has 1 aliphatic carbocycles. The highest BCUT2D eigenvalue weighted by Gasteiger charge is 2.27. The van der Waals surface area contributed by atoms with Gasteiger partial charge in [-0.1, -0.05) is 36.4 Å². The van der Waals surface area contributed by atoms with E-state index in [9.17, 15) is 0 Å². The molecule has 0 amide bonds. The average molecular weight is 499 g/mol. The third-order valence-corrected chi connectivity index (χ3v) is 6.45. The third-order valence-electron chi connectivity index (χ3n) is 6.45. The van der Waals surface area contributed by atoms with E-state index in [0.29, 0.717) is 26.4 Å². The van der Waals surface area contributed by atoms with Gasteiger partial charge in [0, 0.05) is 29.9 Å². The largest absolute Gasteiger partial charge is 0.491 e. The van der Waals surface area contributed by atoms with Gasteiger partial charge >= 0.3 is 0 Å². The molecule has 0 N–H and O–H groups in total. The smallest absolute Gasteiger partial charge is 0.137 e. The van der Waals surface area contributed by atoms with Crippen molar-refractivity contribution in [3.05, 3.63) is 106 Å². The molecule has 5 heteroatoms. The van der Waals surface area contributed by atoms with E-state index in [1.807, 2.05) is 30.3 Å². The molecule has 2 aromatic rings. The summed E-state index contributed by atoms with van der Waals surface area (Å²) in [5.41, 5.74) is 4.92. The van der Waals surface area contributed by atoms with Gasteiger partial charge in [-0.05, 0) is 68.7 Å². The van der Waals surface area contributed by atoms with Crippen LogP contribution in [0.2, 0.25) is 0 Å². The Balaban J connectivity index is 1.46. The summed E-state index contributed by atoms with van der Waals surface area (Å²) in [7, 11) is 1.67. The summed E-state index contributed by atoms with van der Waals surface area (Å²) in [5.74, 6) is 3.28. The second-order valence-corrected chi connectivity index (χ2v) is 9.82. The second kappa shape index (κ2) is 11.1. The fraction of sp³-hybridized carbons (Fsp3) is 0.312. The van der Waals surface area contributed by atoms with Crippen LogP contribution in [0.25, 0.3) is 12.2 Å². The highest BCUT2D eigenvalue weighted by molar-refractivity contribution is 5.77. The number of rotatable bonds is 8. The molecule has 192 valence electrons. The monoisotopic (exact) mass is 498 g/mol. The number of hydrogen-bond acceptors (Lipinski definition) is 5. The van der Waals surface area contributed by atoms with Gasteiger partial charge in [-0.15, -0.1) is 0 Å². The maximum atomic E-state index is 6.42. The lowest BCUT2D eigenvalue weighted by Crippen LogP contribution is -2.27. The van der Waals surface area contributed by atoms with Crippen molar-refractivity contribution in [1.82, 2.24) is 0 Å². The van der Waals surface area contributed by atoms with Crippen LogP contribution in [0.4, 0.5) is 0 Å². The molecule has 0 fully saturated rings. The van der Waals surface area contributed by atoms with Gasteiger partial charge in [-0.2, -0.15) is 0 Å². The second-order valence-electron chi connectivity index (χ2n) is 9.82. The molecule has 0 radical (unpaired) electrons. The SMILES string of the molecule is COCCOC1=CCC/C=C(\C2=Cc3ccc4c(c3OC2)C=CC(C)(C)O4)C(OCc2ccccc2)=C1. The Morgan fingerprint density at radius 1 is 0.919 bits per heavy atom. The summed E-state index contributed by atoms with van der Waals surface area (Å²) in [5, 5.41) is 0. The summed E-state index contributed by atoms with van der Waals surface area (Å²) in [6.45, 7) is 6.03. The van der Waals surface area contributed by atoms with Gasteiger partial charge in [0.1, 0.15) is 48.4 Å². The molecule has 0 saturated carbocycles. The number of benzene rings is 2. The van der Waals surface area contributed by atoms with Crippen LogP contribution in [0.5, 0.6) is 11.5 Å². The van der Waals surface area contributed by atoms with Crippen molar-refractivity contribution in [2.75, 3.05) is 26.9 Å². The molecular formula is C32H34O5. The maximum absolute atomic E-state index is 6.42. The summed E-state index contributed by atoms with van der Waals surface area (Å²) in [6.07, 6.45) is 14.5. The molecule has 0 unspecified atom stereocenters. The number of methoxy groups -OCH3 is 1. The lowest BCUT2D eigenvalue weighted by Gasteiger charge is -2.30. The van der Waals surface area contributed by atoms with E-state index >= 15 is 0 Å². The first kappa shape index (κ1) is 25.0. The number of allylic oxidation sites excluding steroid dienone is 4. The zero-order chi connectivity index (χ0) is 25.7. The van der Waals surface area contributed by atoms with Crippen LogP contribution >= 0.6 is 0 Å². The zero-order valence-corrected chi connectivity index (χ0v) is 21.8. The number of fused-ring (bicyclic) bond motifs is 3.